The zero-order chi connectivity index (χ0) is 16.5. The Morgan fingerprint density at radius 2 is 2.00 bits per heavy atom. The molecule has 6 nitrogen and oxygen atoms in total. The molecule has 0 saturated carbocycles. The summed E-state index contributed by atoms with van der Waals surface area (Å²) in [5.74, 6) is 2.96. The van der Waals surface area contributed by atoms with E-state index in [4.69, 9.17) is 4.98 Å². The normalized spacial score (nSPS) is 20.0. The van der Waals surface area contributed by atoms with Crippen LogP contribution in [0.4, 0.5) is 5.82 Å². The van der Waals surface area contributed by atoms with E-state index in [1.54, 1.807) is 12.4 Å². The van der Waals surface area contributed by atoms with Crippen LogP contribution in [0, 0.1) is 12.8 Å². The van der Waals surface area contributed by atoms with Gasteiger partial charge in [0.05, 0.1) is 0 Å². The van der Waals surface area contributed by atoms with Crippen molar-refractivity contribution in [2.75, 3.05) is 18.0 Å². The van der Waals surface area contributed by atoms with Gasteiger partial charge in [-0.05, 0) is 51.4 Å². The Morgan fingerprint density at radius 1 is 1.21 bits per heavy atom. The summed E-state index contributed by atoms with van der Waals surface area (Å²) in [6, 6.07) is 0. The number of aliphatic hydroxyl groups excluding tert-OH is 1. The van der Waals surface area contributed by atoms with E-state index in [-0.39, 0.29) is 5.92 Å². The number of fused-ring (bicyclic) bond motifs is 1. The zero-order valence-corrected chi connectivity index (χ0v) is 14.2. The summed E-state index contributed by atoms with van der Waals surface area (Å²) in [5.41, 5.74) is 2.61. The third-order valence-corrected chi connectivity index (χ3v) is 5.36. The van der Waals surface area contributed by atoms with Gasteiger partial charge in [-0.3, -0.25) is 0 Å². The second-order valence-corrected chi connectivity index (χ2v) is 6.97. The molecule has 2 N–H and O–H groups in total. The monoisotopic (exact) mass is 327 g/mol. The average Bonchev–Trinajstić information content (AvgIpc) is 3.15. The first-order valence-corrected chi connectivity index (χ1v) is 9.01. The van der Waals surface area contributed by atoms with Crippen LogP contribution in [0.1, 0.15) is 54.7 Å². The molecule has 1 aliphatic carbocycles. The number of H-pyrrole nitrogens is 1. The molecule has 0 bridgehead atoms. The van der Waals surface area contributed by atoms with Gasteiger partial charge < -0.3 is 15.0 Å². The number of aryl methyl sites for hydroxylation is 2. The predicted molar refractivity (Wildman–Crippen MR) is 91.9 cm³/mol. The van der Waals surface area contributed by atoms with Crippen molar-refractivity contribution in [3.63, 3.8) is 0 Å². The maximum absolute atomic E-state index is 10.5. The molecule has 1 aliphatic heterocycles. The van der Waals surface area contributed by atoms with Gasteiger partial charge in [0, 0.05) is 36.7 Å². The van der Waals surface area contributed by atoms with Crippen LogP contribution in [0.2, 0.25) is 0 Å². The first-order valence-electron chi connectivity index (χ1n) is 9.01. The highest BCUT2D eigenvalue weighted by Crippen LogP contribution is 2.34. The number of aromatic amines is 1. The minimum atomic E-state index is -0.497. The van der Waals surface area contributed by atoms with Crippen molar-refractivity contribution in [3.8, 4) is 0 Å². The Morgan fingerprint density at radius 3 is 2.75 bits per heavy atom. The van der Waals surface area contributed by atoms with Gasteiger partial charge in [0.1, 0.15) is 23.6 Å². The first-order chi connectivity index (χ1) is 11.7. The Hall–Kier alpha value is -1.95. The highest BCUT2D eigenvalue weighted by molar-refractivity contribution is 5.50. The highest BCUT2D eigenvalue weighted by Gasteiger charge is 2.30. The van der Waals surface area contributed by atoms with E-state index in [1.807, 2.05) is 6.92 Å². The SMILES string of the molecule is Cc1nc2c(c(N3CCC(C(O)c4ncc[nH]4)CC3)n1)CCCC2. The fraction of sp³-hybridized carbons (Fsp3) is 0.611. The number of piperidine rings is 1. The van der Waals surface area contributed by atoms with E-state index in [0.29, 0.717) is 5.82 Å². The quantitative estimate of drug-likeness (QED) is 0.905. The second kappa shape index (κ2) is 6.51. The van der Waals surface area contributed by atoms with E-state index < -0.39 is 6.10 Å². The fourth-order valence-electron chi connectivity index (χ4n) is 4.05. The standard InChI is InChI=1S/C18H25N5O/c1-12-21-15-5-3-2-4-14(15)18(22-12)23-10-6-13(7-11-23)16(24)17-19-8-9-20-17/h8-9,13,16,24H,2-7,10-11H2,1H3,(H,19,20). The molecule has 2 aromatic heterocycles. The van der Waals surface area contributed by atoms with E-state index in [0.717, 1.165) is 50.4 Å². The number of hydrogen-bond acceptors (Lipinski definition) is 5. The van der Waals surface area contributed by atoms with E-state index in [9.17, 15) is 5.11 Å². The maximum Gasteiger partial charge on any atom is 0.135 e. The summed E-state index contributed by atoms with van der Waals surface area (Å²) in [5, 5.41) is 10.5. The summed E-state index contributed by atoms with van der Waals surface area (Å²) < 4.78 is 0. The molecular weight excluding hydrogens is 302 g/mol. The molecule has 0 aromatic carbocycles. The van der Waals surface area contributed by atoms with E-state index in [2.05, 4.69) is 19.9 Å². The van der Waals surface area contributed by atoms with Crippen LogP contribution < -0.4 is 4.90 Å². The van der Waals surface area contributed by atoms with Crippen LogP contribution in [-0.4, -0.2) is 38.1 Å². The molecule has 24 heavy (non-hydrogen) atoms. The van der Waals surface area contributed by atoms with Gasteiger partial charge >= 0.3 is 0 Å². The van der Waals surface area contributed by atoms with Crippen molar-refractivity contribution in [1.82, 2.24) is 19.9 Å². The number of anilines is 1. The predicted octanol–water partition coefficient (Wildman–Crippen LogP) is 2.34. The lowest BCUT2D eigenvalue weighted by atomic mass is 9.90. The Labute approximate surface area is 142 Å². The molecule has 0 amide bonds. The molecule has 4 rings (SSSR count). The van der Waals surface area contributed by atoms with Crippen molar-refractivity contribution < 1.29 is 5.11 Å². The van der Waals surface area contributed by atoms with Crippen molar-refractivity contribution in [3.05, 3.63) is 35.3 Å². The third-order valence-electron chi connectivity index (χ3n) is 5.36. The summed E-state index contributed by atoms with van der Waals surface area (Å²) in [6.07, 6.45) is 9.54. The Kier molecular flexibility index (Phi) is 4.22. The van der Waals surface area contributed by atoms with Gasteiger partial charge in [0.15, 0.2) is 0 Å². The Balaban J connectivity index is 1.49. The van der Waals surface area contributed by atoms with Crippen LogP contribution >= 0.6 is 0 Å². The molecule has 1 fully saturated rings. The molecule has 0 spiro atoms. The molecule has 1 atom stereocenters. The lowest BCUT2D eigenvalue weighted by Crippen LogP contribution is -2.37. The van der Waals surface area contributed by atoms with Gasteiger partial charge in [0.2, 0.25) is 0 Å². The maximum atomic E-state index is 10.5. The Bertz CT molecular complexity index is 692. The lowest BCUT2D eigenvalue weighted by Gasteiger charge is -2.36. The topological polar surface area (TPSA) is 77.9 Å². The minimum absolute atomic E-state index is 0.256. The molecule has 1 unspecified atom stereocenters. The number of rotatable bonds is 3. The van der Waals surface area contributed by atoms with Gasteiger partial charge in [-0.2, -0.15) is 0 Å². The van der Waals surface area contributed by atoms with Crippen molar-refractivity contribution in [2.24, 2.45) is 5.92 Å². The van der Waals surface area contributed by atoms with Gasteiger partial charge in [-0.1, -0.05) is 0 Å². The molecule has 6 heteroatoms. The van der Waals surface area contributed by atoms with Gasteiger partial charge in [-0.25, -0.2) is 15.0 Å². The summed E-state index contributed by atoms with van der Waals surface area (Å²) in [6.45, 7) is 3.86. The highest BCUT2D eigenvalue weighted by atomic mass is 16.3. The van der Waals surface area contributed by atoms with E-state index in [1.165, 1.54) is 24.1 Å². The largest absolute Gasteiger partial charge is 0.385 e. The van der Waals surface area contributed by atoms with Gasteiger partial charge in [-0.15, -0.1) is 0 Å². The van der Waals surface area contributed by atoms with Crippen LogP contribution in [0.5, 0.6) is 0 Å². The number of aliphatic hydroxyl groups is 1. The number of aromatic nitrogens is 4. The number of imidazole rings is 1. The molecule has 128 valence electrons. The van der Waals surface area contributed by atoms with Crippen molar-refractivity contribution in [1.29, 1.82) is 0 Å². The van der Waals surface area contributed by atoms with Gasteiger partial charge in [0.25, 0.3) is 0 Å². The lowest BCUT2D eigenvalue weighted by molar-refractivity contribution is 0.0856. The van der Waals surface area contributed by atoms with Crippen LogP contribution in [-0.2, 0) is 12.8 Å². The smallest absolute Gasteiger partial charge is 0.135 e. The second-order valence-electron chi connectivity index (χ2n) is 6.97. The van der Waals surface area contributed by atoms with Crippen molar-refractivity contribution >= 4 is 5.82 Å². The molecule has 2 aromatic rings. The van der Waals surface area contributed by atoms with Crippen LogP contribution in [0.3, 0.4) is 0 Å². The summed E-state index contributed by atoms with van der Waals surface area (Å²) in [4.78, 5) is 19.0. The van der Waals surface area contributed by atoms with E-state index >= 15 is 0 Å². The summed E-state index contributed by atoms with van der Waals surface area (Å²) >= 11 is 0. The first kappa shape index (κ1) is 15.6. The molecule has 2 aliphatic rings. The van der Waals surface area contributed by atoms with Crippen molar-refractivity contribution in [2.45, 2.75) is 51.6 Å². The minimum Gasteiger partial charge on any atom is -0.385 e. The van der Waals surface area contributed by atoms with Crippen LogP contribution in [0.25, 0.3) is 0 Å². The average molecular weight is 327 g/mol. The number of nitrogens with zero attached hydrogens (tertiary/aromatic N) is 4. The molecule has 3 heterocycles. The fourth-order valence-corrected chi connectivity index (χ4v) is 4.05. The summed E-state index contributed by atoms with van der Waals surface area (Å²) in [7, 11) is 0. The number of nitrogens with one attached hydrogen (secondary N) is 1. The number of hydrogen-bond donors (Lipinski definition) is 2. The molecular formula is C18H25N5O. The third kappa shape index (κ3) is 2.90. The van der Waals surface area contributed by atoms with Crippen LogP contribution in [0.15, 0.2) is 12.4 Å². The molecule has 1 saturated heterocycles. The molecule has 0 radical (unpaired) electrons. The zero-order valence-electron chi connectivity index (χ0n) is 14.2.